The average molecular weight is 200 g/mol. The van der Waals surface area contributed by atoms with Crippen LogP contribution >= 0.6 is 0 Å². The lowest BCUT2D eigenvalue weighted by molar-refractivity contribution is -0.451. The molecule has 1 aromatic rings. The smallest absolute Gasteiger partial charge is 0.189 e. The van der Waals surface area contributed by atoms with Gasteiger partial charge in [-0.15, -0.1) is 0 Å². The summed E-state index contributed by atoms with van der Waals surface area (Å²) in [5.41, 5.74) is 4.26. The van der Waals surface area contributed by atoms with Crippen LogP contribution in [0.4, 0.5) is 0 Å². The number of carbonyl (C=O) groups excluding carboxylic acids is 1. The Bertz CT molecular complexity index is 265. The van der Waals surface area contributed by atoms with Gasteiger partial charge in [0, 0.05) is 18.8 Å². The molecule has 0 bridgehead atoms. The Hall–Kier alpha value is -1.16. The third kappa shape index (κ3) is 3.70. The minimum Gasteiger partial charge on any atom is -0.348 e. The summed E-state index contributed by atoms with van der Waals surface area (Å²) in [4.78, 5) is 17.9. The van der Waals surface area contributed by atoms with Crippen LogP contribution in [0.25, 0.3) is 0 Å². The number of quaternary nitrogens is 1. The molecule has 1 rings (SSSR count). The molecule has 0 saturated carbocycles. The largest absolute Gasteiger partial charge is 0.348 e. The zero-order chi connectivity index (χ0) is 9.19. The first kappa shape index (κ1) is 15.3. The molecule has 1 unspecified atom stereocenters. The lowest BCUT2D eigenvalue weighted by Gasteiger charge is -2.15. The van der Waals surface area contributed by atoms with Gasteiger partial charge in [0.25, 0.3) is 0 Å². The van der Waals surface area contributed by atoms with E-state index in [9.17, 15) is 4.79 Å². The second-order valence-electron chi connectivity index (χ2n) is 3.37. The first-order valence-corrected chi connectivity index (χ1v) is 3.86. The van der Waals surface area contributed by atoms with Gasteiger partial charge in [-0.2, -0.15) is 0 Å². The van der Waals surface area contributed by atoms with Crippen LogP contribution in [-0.2, 0) is 11.2 Å². The van der Waals surface area contributed by atoms with Gasteiger partial charge in [-0.3, -0.25) is 4.79 Å². The molecule has 0 aliphatic rings. The van der Waals surface area contributed by atoms with E-state index in [1.54, 1.807) is 19.4 Å². The molecule has 0 aliphatic carbocycles. The van der Waals surface area contributed by atoms with Crippen LogP contribution in [0.5, 0.6) is 0 Å². The number of aromatic nitrogens is 2. The van der Waals surface area contributed by atoms with E-state index >= 15 is 0 Å². The molecular formula is C10H22N3O+. The molecule has 0 aromatic carbocycles. The van der Waals surface area contributed by atoms with Gasteiger partial charge in [-0.05, 0) is 6.92 Å². The molecule has 4 heteroatoms. The number of carbonyl (C=O) groups is 1. The van der Waals surface area contributed by atoms with Gasteiger partial charge in [0.15, 0.2) is 11.3 Å². The van der Waals surface area contributed by atoms with E-state index in [0.717, 1.165) is 5.69 Å². The molecule has 0 spiro atoms. The Morgan fingerprint density at radius 1 is 1.64 bits per heavy atom. The van der Waals surface area contributed by atoms with Gasteiger partial charge in [0.05, 0.1) is 12.7 Å². The highest BCUT2D eigenvalue weighted by molar-refractivity contribution is 5.83. The third-order valence-corrected chi connectivity index (χ3v) is 1.99. The summed E-state index contributed by atoms with van der Waals surface area (Å²) in [6.07, 6.45) is 3.93. The predicted molar refractivity (Wildman–Crippen MR) is 57.7 cm³/mol. The fraction of sp³-hybridized carbons (Fsp3) is 0.600. The summed E-state index contributed by atoms with van der Waals surface area (Å²) in [5.74, 6) is 0.0945. The third-order valence-electron chi connectivity index (χ3n) is 1.99. The molecule has 82 valence electrons. The number of nitrogens with zero attached hydrogens (tertiary/aromatic N) is 1. The van der Waals surface area contributed by atoms with Gasteiger partial charge < -0.3 is 10.7 Å². The van der Waals surface area contributed by atoms with E-state index in [1.165, 1.54) is 0 Å². The van der Waals surface area contributed by atoms with Crippen LogP contribution in [0.3, 0.4) is 0 Å². The fourth-order valence-corrected chi connectivity index (χ4v) is 0.926. The van der Waals surface area contributed by atoms with E-state index in [1.807, 2.05) is 6.92 Å². The molecule has 1 atom stereocenters. The maximum Gasteiger partial charge on any atom is 0.189 e. The second-order valence-corrected chi connectivity index (χ2v) is 3.37. The van der Waals surface area contributed by atoms with Crippen LogP contribution in [-0.4, -0.2) is 21.3 Å². The van der Waals surface area contributed by atoms with E-state index < -0.39 is 5.54 Å². The number of Topliss-reactive ketones (excluding diaryl/α,β-unsaturated/α-hetero) is 1. The molecule has 1 aromatic heterocycles. The number of hydrogen-bond donors (Lipinski definition) is 2. The summed E-state index contributed by atoms with van der Waals surface area (Å²) < 4.78 is 0. The van der Waals surface area contributed by atoms with Crippen molar-refractivity contribution < 1.29 is 10.5 Å². The van der Waals surface area contributed by atoms with Crippen molar-refractivity contribution in [1.29, 1.82) is 0 Å². The molecule has 0 aliphatic heterocycles. The Labute approximate surface area is 85.9 Å². The number of hydrogen-bond acceptors (Lipinski definition) is 2. The molecular weight excluding hydrogens is 178 g/mol. The average Bonchev–Trinajstić information content (AvgIpc) is 2.38. The van der Waals surface area contributed by atoms with Crippen LogP contribution < -0.4 is 5.73 Å². The van der Waals surface area contributed by atoms with Crippen LogP contribution in [0.15, 0.2) is 12.5 Å². The standard InChI is InChI=1S/C8H13N3O.2CH4/c1-6(12)8(2,9)3-7-4-10-5-11-7;;/h4-5H,3,9H2,1-2H3,(H,10,11);2*1H4/p+1. The Kier molecular flexibility index (Phi) is 6.07. The van der Waals surface area contributed by atoms with Crippen LogP contribution in [0, 0.1) is 0 Å². The van der Waals surface area contributed by atoms with Crippen molar-refractivity contribution in [3.8, 4) is 0 Å². The van der Waals surface area contributed by atoms with Gasteiger partial charge in [0.1, 0.15) is 0 Å². The molecule has 0 radical (unpaired) electrons. The molecule has 0 saturated heterocycles. The first-order valence-electron chi connectivity index (χ1n) is 3.86. The van der Waals surface area contributed by atoms with Crippen molar-refractivity contribution in [3.63, 3.8) is 0 Å². The maximum atomic E-state index is 11.1. The SMILES string of the molecule is C.C.CC(=O)C(C)([NH3+])Cc1cnc[nH]1. The van der Waals surface area contributed by atoms with Crippen LogP contribution in [0.1, 0.15) is 34.4 Å². The Balaban J connectivity index is 0. The quantitative estimate of drug-likeness (QED) is 0.758. The Morgan fingerprint density at radius 2 is 2.21 bits per heavy atom. The summed E-state index contributed by atoms with van der Waals surface area (Å²) >= 11 is 0. The zero-order valence-electron chi connectivity index (χ0n) is 7.42. The number of imidazole rings is 1. The second kappa shape index (κ2) is 5.54. The highest BCUT2D eigenvalue weighted by atomic mass is 16.1. The number of H-pyrrole nitrogens is 1. The van der Waals surface area contributed by atoms with Crippen LogP contribution in [0.2, 0.25) is 0 Å². The predicted octanol–water partition coefficient (Wildman–Crippen LogP) is 0.814. The molecule has 1 heterocycles. The maximum absolute atomic E-state index is 11.1. The zero-order valence-corrected chi connectivity index (χ0v) is 7.42. The summed E-state index contributed by atoms with van der Waals surface area (Å²) in [6.45, 7) is 3.39. The normalized spacial score (nSPS) is 13.4. The van der Waals surface area contributed by atoms with Crippen molar-refractivity contribution in [3.05, 3.63) is 18.2 Å². The first-order chi connectivity index (χ1) is 5.52. The monoisotopic (exact) mass is 200 g/mol. The van der Waals surface area contributed by atoms with Gasteiger partial charge >= 0.3 is 0 Å². The van der Waals surface area contributed by atoms with Gasteiger partial charge in [0.2, 0.25) is 0 Å². The lowest BCUT2D eigenvalue weighted by Crippen LogP contribution is -2.75. The summed E-state index contributed by atoms with van der Waals surface area (Å²) in [6, 6.07) is 0. The van der Waals surface area contributed by atoms with Crippen molar-refractivity contribution in [2.75, 3.05) is 0 Å². The highest BCUT2D eigenvalue weighted by Crippen LogP contribution is 2.06. The van der Waals surface area contributed by atoms with Crippen molar-refractivity contribution in [2.24, 2.45) is 0 Å². The van der Waals surface area contributed by atoms with Crippen molar-refractivity contribution in [2.45, 2.75) is 40.7 Å². The van der Waals surface area contributed by atoms with E-state index in [4.69, 9.17) is 0 Å². The fourth-order valence-electron chi connectivity index (χ4n) is 0.926. The highest BCUT2D eigenvalue weighted by Gasteiger charge is 2.29. The number of nitrogens with one attached hydrogen (secondary N) is 1. The minimum absolute atomic E-state index is 0. The topological polar surface area (TPSA) is 73.4 Å². The molecule has 4 N–H and O–H groups in total. The minimum atomic E-state index is -0.535. The van der Waals surface area contributed by atoms with Gasteiger partial charge in [-0.25, -0.2) is 4.98 Å². The lowest BCUT2D eigenvalue weighted by atomic mass is 9.93. The molecule has 0 fully saturated rings. The van der Waals surface area contributed by atoms with E-state index in [2.05, 4.69) is 15.7 Å². The van der Waals surface area contributed by atoms with Gasteiger partial charge in [-0.1, -0.05) is 14.9 Å². The number of rotatable bonds is 3. The number of ketones is 1. The summed E-state index contributed by atoms with van der Waals surface area (Å²) in [7, 11) is 0. The van der Waals surface area contributed by atoms with Crippen molar-refractivity contribution in [1.82, 2.24) is 9.97 Å². The summed E-state index contributed by atoms with van der Waals surface area (Å²) in [5, 5.41) is 0. The molecule has 4 nitrogen and oxygen atoms in total. The van der Waals surface area contributed by atoms with E-state index in [0.29, 0.717) is 6.42 Å². The molecule has 0 amide bonds. The number of aromatic amines is 1. The van der Waals surface area contributed by atoms with Crippen molar-refractivity contribution >= 4 is 5.78 Å². The Morgan fingerprint density at radius 3 is 2.57 bits per heavy atom. The molecule has 14 heavy (non-hydrogen) atoms. The van der Waals surface area contributed by atoms with E-state index in [-0.39, 0.29) is 20.6 Å².